The number of thioether (sulfide) groups is 1. The molecule has 0 heterocycles. The van der Waals surface area contributed by atoms with Crippen molar-refractivity contribution in [3.05, 3.63) is 29.3 Å². The number of carbonyl (C=O) groups excluding carboxylic acids is 1. The summed E-state index contributed by atoms with van der Waals surface area (Å²) in [5, 5.41) is 3.35. The van der Waals surface area contributed by atoms with E-state index in [2.05, 4.69) is 5.32 Å². The normalized spacial score (nSPS) is 12.2. The number of hydrogen-bond acceptors (Lipinski definition) is 2. The average Bonchev–Trinajstić information content (AvgIpc) is 2.21. The molecule has 82 valence electrons. The smallest absolute Gasteiger partial charge is 0.233 e. The topological polar surface area (TPSA) is 29.1 Å². The van der Waals surface area contributed by atoms with Crippen LogP contribution in [0, 0.1) is 0 Å². The van der Waals surface area contributed by atoms with Gasteiger partial charge in [0.05, 0.1) is 10.3 Å². The van der Waals surface area contributed by atoms with Gasteiger partial charge in [0.2, 0.25) is 5.91 Å². The molecular weight excluding hydrogens is 230 g/mol. The van der Waals surface area contributed by atoms with Gasteiger partial charge in [-0.1, -0.05) is 23.7 Å². The van der Waals surface area contributed by atoms with E-state index in [4.69, 9.17) is 11.6 Å². The van der Waals surface area contributed by atoms with Crippen LogP contribution in [0.4, 0.5) is 0 Å². The van der Waals surface area contributed by atoms with E-state index in [1.165, 1.54) is 11.8 Å². The predicted molar refractivity (Wildman–Crippen MR) is 65.5 cm³/mol. The van der Waals surface area contributed by atoms with Crippen LogP contribution in [0.3, 0.4) is 0 Å². The molecule has 1 aromatic carbocycles. The van der Waals surface area contributed by atoms with Crippen LogP contribution < -0.4 is 5.32 Å². The molecule has 0 bridgehead atoms. The molecule has 2 nitrogen and oxygen atoms in total. The van der Waals surface area contributed by atoms with Crippen molar-refractivity contribution in [2.75, 3.05) is 6.54 Å². The molecule has 0 aromatic heterocycles. The molecule has 4 heteroatoms. The molecule has 1 rings (SSSR count). The van der Waals surface area contributed by atoms with E-state index in [0.29, 0.717) is 11.6 Å². The van der Waals surface area contributed by atoms with Gasteiger partial charge in [0, 0.05) is 11.4 Å². The minimum atomic E-state index is -0.121. The maximum atomic E-state index is 11.5. The highest BCUT2D eigenvalue weighted by Gasteiger charge is 2.14. The first-order chi connectivity index (χ1) is 7.15. The largest absolute Gasteiger partial charge is 0.355 e. The van der Waals surface area contributed by atoms with E-state index in [1.54, 1.807) is 0 Å². The van der Waals surface area contributed by atoms with Gasteiger partial charge in [-0.25, -0.2) is 0 Å². The van der Waals surface area contributed by atoms with Crippen molar-refractivity contribution < 1.29 is 4.79 Å². The fraction of sp³-hybridized carbons (Fsp3) is 0.364. The lowest BCUT2D eigenvalue weighted by atomic mass is 10.4. The molecule has 0 fully saturated rings. The van der Waals surface area contributed by atoms with Gasteiger partial charge in [0.15, 0.2) is 0 Å². The number of nitrogens with one attached hydrogen (secondary N) is 1. The summed E-state index contributed by atoms with van der Waals surface area (Å²) in [6.45, 7) is 4.44. The van der Waals surface area contributed by atoms with Gasteiger partial charge in [-0.05, 0) is 26.0 Å². The summed E-state index contributed by atoms with van der Waals surface area (Å²) in [6.07, 6.45) is 0. The third-order valence-electron chi connectivity index (χ3n) is 1.86. The fourth-order valence-electron chi connectivity index (χ4n) is 1.10. The number of amides is 1. The SMILES string of the molecule is CCNC(=O)C(C)Sc1ccccc1Cl. The van der Waals surface area contributed by atoms with Crippen molar-refractivity contribution in [2.45, 2.75) is 24.0 Å². The Balaban J connectivity index is 2.62. The first kappa shape index (κ1) is 12.4. The van der Waals surface area contributed by atoms with Gasteiger partial charge in [-0.2, -0.15) is 0 Å². The van der Waals surface area contributed by atoms with E-state index in [-0.39, 0.29) is 11.2 Å². The second-order valence-electron chi connectivity index (χ2n) is 3.09. The first-order valence-corrected chi connectivity index (χ1v) is 6.09. The molecule has 1 amide bonds. The van der Waals surface area contributed by atoms with Gasteiger partial charge >= 0.3 is 0 Å². The highest BCUT2D eigenvalue weighted by atomic mass is 35.5. The molecule has 15 heavy (non-hydrogen) atoms. The zero-order chi connectivity index (χ0) is 11.3. The van der Waals surface area contributed by atoms with Crippen molar-refractivity contribution >= 4 is 29.3 Å². The van der Waals surface area contributed by atoms with E-state index >= 15 is 0 Å². The summed E-state index contributed by atoms with van der Waals surface area (Å²) in [6, 6.07) is 7.54. The zero-order valence-corrected chi connectivity index (χ0v) is 10.4. The Morgan fingerprint density at radius 2 is 2.20 bits per heavy atom. The molecule has 0 saturated carbocycles. The molecule has 0 aliphatic heterocycles. The molecule has 1 aromatic rings. The van der Waals surface area contributed by atoms with Crippen LogP contribution in [-0.2, 0) is 4.79 Å². The Morgan fingerprint density at radius 1 is 1.53 bits per heavy atom. The third-order valence-corrected chi connectivity index (χ3v) is 3.48. The fourth-order valence-corrected chi connectivity index (χ4v) is 2.28. The predicted octanol–water partition coefficient (Wildman–Crippen LogP) is 2.96. The second-order valence-corrected chi connectivity index (χ2v) is 4.87. The Morgan fingerprint density at radius 3 is 2.80 bits per heavy atom. The lowest BCUT2D eigenvalue weighted by Gasteiger charge is -2.11. The van der Waals surface area contributed by atoms with Gasteiger partial charge in [0.25, 0.3) is 0 Å². The van der Waals surface area contributed by atoms with E-state index in [9.17, 15) is 4.79 Å². The van der Waals surface area contributed by atoms with Crippen LogP contribution in [-0.4, -0.2) is 17.7 Å². The highest BCUT2D eigenvalue weighted by molar-refractivity contribution is 8.00. The van der Waals surface area contributed by atoms with Gasteiger partial charge in [-0.3, -0.25) is 4.79 Å². The summed E-state index contributed by atoms with van der Waals surface area (Å²) in [5.41, 5.74) is 0. The van der Waals surface area contributed by atoms with E-state index in [1.807, 2.05) is 38.1 Å². The first-order valence-electron chi connectivity index (χ1n) is 4.84. The quantitative estimate of drug-likeness (QED) is 0.824. The summed E-state index contributed by atoms with van der Waals surface area (Å²) >= 11 is 7.47. The van der Waals surface area contributed by atoms with Gasteiger partial charge in [-0.15, -0.1) is 11.8 Å². The van der Waals surface area contributed by atoms with Gasteiger partial charge in [0.1, 0.15) is 0 Å². The minimum absolute atomic E-state index is 0.0439. The van der Waals surface area contributed by atoms with Crippen molar-refractivity contribution in [3.8, 4) is 0 Å². The lowest BCUT2D eigenvalue weighted by molar-refractivity contribution is -0.120. The molecule has 1 unspecified atom stereocenters. The maximum absolute atomic E-state index is 11.5. The van der Waals surface area contributed by atoms with Crippen molar-refractivity contribution in [3.63, 3.8) is 0 Å². The van der Waals surface area contributed by atoms with Crippen LogP contribution in [0.1, 0.15) is 13.8 Å². The van der Waals surface area contributed by atoms with Crippen molar-refractivity contribution in [1.82, 2.24) is 5.32 Å². The Kier molecular flexibility index (Phi) is 4.99. The van der Waals surface area contributed by atoms with Crippen LogP contribution in [0.5, 0.6) is 0 Å². The van der Waals surface area contributed by atoms with Crippen LogP contribution in [0.15, 0.2) is 29.2 Å². The van der Waals surface area contributed by atoms with Crippen LogP contribution in [0.25, 0.3) is 0 Å². The Bertz CT molecular complexity index is 343. The minimum Gasteiger partial charge on any atom is -0.355 e. The number of hydrogen-bond donors (Lipinski definition) is 1. The molecule has 0 spiro atoms. The number of rotatable bonds is 4. The maximum Gasteiger partial charge on any atom is 0.233 e. The highest BCUT2D eigenvalue weighted by Crippen LogP contribution is 2.29. The Labute approximate surface area is 99.4 Å². The van der Waals surface area contributed by atoms with Gasteiger partial charge < -0.3 is 5.32 Å². The number of carbonyl (C=O) groups is 1. The summed E-state index contributed by atoms with van der Waals surface area (Å²) in [4.78, 5) is 12.4. The second kappa shape index (κ2) is 6.03. The van der Waals surface area contributed by atoms with Crippen LogP contribution >= 0.6 is 23.4 Å². The molecule has 0 saturated heterocycles. The average molecular weight is 244 g/mol. The van der Waals surface area contributed by atoms with E-state index in [0.717, 1.165) is 4.90 Å². The molecule has 0 aliphatic rings. The molecule has 1 N–H and O–H groups in total. The number of benzene rings is 1. The summed E-state index contributed by atoms with van der Waals surface area (Å²) in [5.74, 6) is 0.0439. The Hall–Kier alpha value is -0.670. The molecule has 0 aliphatic carbocycles. The van der Waals surface area contributed by atoms with Crippen molar-refractivity contribution in [2.24, 2.45) is 0 Å². The monoisotopic (exact) mass is 243 g/mol. The third kappa shape index (κ3) is 3.76. The summed E-state index contributed by atoms with van der Waals surface area (Å²) in [7, 11) is 0. The van der Waals surface area contributed by atoms with Crippen molar-refractivity contribution in [1.29, 1.82) is 0 Å². The van der Waals surface area contributed by atoms with E-state index < -0.39 is 0 Å². The summed E-state index contributed by atoms with van der Waals surface area (Å²) < 4.78 is 0. The van der Waals surface area contributed by atoms with Crippen LogP contribution in [0.2, 0.25) is 5.02 Å². The molecule has 1 atom stereocenters. The lowest BCUT2D eigenvalue weighted by Crippen LogP contribution is -2.30. The standard InChI is InChI=1S/C11H14ClNOS/c1-3-13-11(14)8(2)15-10-7-5-4-6-9(10)12/h4-8H,3H2,1-2H3,(H,13,14). The number of halogens is 1. The zero-order valence-electron chi connectivity index (χ0n) is 8.79. The molecular formula is C11H14ClNOS. The molecule has 0 radical (unpaired) electrons.